The molecule has 8 aromatic carbocycles. The van der Waals surface area contributed by atoms with Crippen LogP contribution in [0.15, 0.2) is 164 Å². The molecule has 56 heavy (non-hydrogen) atoms. The van der Waals surface area contributed by atoms with E-state index in [-0.39, 0.29) is 10.8 Å². The maximum atomic E-state index is 3.75. The highest BCUT2D eigenvalue weighted by Gasteiger charge is 2.42. The number of benzene rings is 8. The zero-order valence-electron chi connectivity index (χ0n) is 32.0. The molecule has 0 atom stereocenters. The number of nitrogens with zero attached hydrogens (tertiary/aromatic N) is 1. The van der Waals surface area contributed by atoms with Crippen LogP contribution in [0.2, 0.25) is 0 Å². The van der Waals surface area contributed by atoms with E-state index in [0.717, 1.165) is 11.4 Å². The van der Waals surface area contributed by atoms with Gasteiger partial charge in [-0.25, -0.2) is 0 Å². The third-order valence-electron chi connectivity index (χ3n) is 13.3. The summed E-state index contributed by atoms with van der Waals surface area (Å²) >= 11 is 0. The molecule has 266 valence electrons. The van der Waals surface area contributed by atoms with Crippen molar-refractivity contribution in [1.29, 1.82) is 0 Å². The van der Waals surface area contributed by atoms with E-state index < -0.39 is 0 Å². The number of hydrogen-bond acceptors (Lipinski definition) is 1. The smallest absolute Gasteiger partial charge is 0.0623 e. The molecule has 0 spiro atoms. The van der Waals surface area contributed by atoms with Gasteiger partial charge in [0.2, 0.25) is 0 Å². The molecule has 0 radical (unpaired) electrons. The molecule has 12 rings (SSSR count). The Morgan fingerprint density at radius 1 is 0.393 bits per heavy atom. The minimum atomic E-state index is -0.118. The minimum absolute atomic E-state index is 0.000956. The summed E-state index contributed by atoms with van der Waals surface area (Å²) in [6, 6.07) is 61.2. The van der Waals surface area contributed by atoms with Crippen molar-refractivity contribution in [1.82, 2.24) is 4.57 Å². The highest BCUT2D eigenvalue weighted by molar-refractivity contribution is 6.19. The lowest BCUT2D eigenvalue weighted by molar-refractivity contribution is 0.660. The van der Waals surface area contributed by atoms with Crippen LogP contribution in [0.3, 0.4) is 0 Å². The third kappa shape index (κ3) is 4.11. The fourth-order valence-electron chi connectivity index (χ4n) is 10.6. The molecule has 2 heteroatoms. The molecule has 0 saturated carbocycles. The molecular formula is C54H40N2. The standard InChI is InChI=1S/C54H40N2/c1-53(2)43-20-8-5-17-38(43)42-31-36(23-26-44(42)53)55-35-16-12-14-33(30-35)32-13-11-15-34(29-32)37-24-27-45-50-49(37)41-19-7-10-22-48(41)56-47-21-9-6-18-39(47)40-25-28-46(54(45,3)4)51(50)52(40)56/h5-31,55H,1-4H3. The molecule has 0 bridgehead atoms. The number of para-hydroxylation sites is 2. The lowest BCUT2D eigenvalue weighted by atomic mass is 9.80. The molecule has 2 heterocycles. The summed E-state index contributed by atoms with van der Waals surface area (Å²) in [5.41, 5.74) is 24.4. The van der Waals surface area contributed by atoms with Crippen molar-refractivity contribution in [2.24, 2.45) is 0 Å². The second kappa shape index (κ2) is 11.0. The molecule has 0 saturated heterocycles. The minimum Gasteiger partial charge on any atom is -0.355 e. The van der Waals surface area contributed by atoms with Gasteiger partial charge >= 0.3 is 0 Å². The monoisotopic (exact) mass is 716 g/mol. The lowest BCUT2D eigenvalue weighted by Crippen LogP contribution is -2.15. The van der Waals surface area contributed by atoms with Crippen LogP contribution in [-0.2, 0) is 10.8 Å². The Kier molecular flexibility index (Phi) is 6.22. The Balaban J connectivity index is 0.993. The number of aromatic nitrogens is 1. The van der Waals surface area contributed by atoms with Crippen LogP contribution in [0.5, 0.6) is 0 Å². The molecule has 1 N–H and O–H groups in total. The summed E-state index contributed by atoms with van der Waals surface area (Å²) in [6.45, 7) is 9.46. The summed E-state index contributed by atoms with van der Waals surface area (Å²) in [5.74, 6) is 0. The van der Waals surface area contributed by atoms with E-state index in [9.17, 15) is 0 Å². The first kappa shape index (κ1) is 31.7. The first-order valence-corrected chi connectivity index (χ1v) is 19.9. The summed E-state index contributed by atoms with van der Waals surface area (Å²) in [5, 5.41) is 6.38. The van der Waals surface area contributed by atoms with Crippen LogP contribution in [0.1, 0.15) is 49.9 Å². The average molecular weight is 717 g/mol. The Morgan fingerprint density at radius 2 is 1.04 bits per heavy atom. The fourth-order valence-corrected chi connectivity index (χ4v) is 10.6. The molecular weight excluding hydrogens is 677 g/mol. The van der Waals surface area contributed by atoms with Gasteiger partial charge in [-0.3, -0.25) is 0 Å². The molecule has 0 unspecified atom stereocenters. The van der Waals surface area contributed by atoms with Gasteiger partial charge in [0.05, 0.1) is 16.7 Å². The van der Waals surface area contributed by atoms with Crippen LogP contribution in [0.4, 0.5) is 11.4 Å². The van der Waals surface area contributed by atoms with Crippen LogP contribution in [0, 0.1) is 0 Å². The Hall–Kier alpha value is -6.64. The predicted octanol–water partition coefficient (Wildman–Crippen LogP) is 14.5. The molecule has 2 aliphatic carbocycles. The Bertz CT molecular complexity index is 3170. The molecule has 1 aromatic heterocycles. The fraction of sp³-hybridized carbons (Fsp3) is 0.111. The van der Waals surface area contributed by atoms with Crippen molar-refractivity contribution in [3.8, 4) is 61.3 Å². The van der Waals surface area contributed by atoms with Gasteiger partial charge in [-0.15, -0.1) is 0 Å². The van der Waals surface area contributed by atoms with Gasteiger partial charge < -0.3 is 9.88 Å². The maximum Gasteiger partial charge on any atom is 0.0623 e. The van der Waals surface area contributed by atoms with Gasteiger partial charge in [-0.2, -0.15) is 0 Å². The van der Waals surface area contributed by atoms with Crippen molar-refractivity contribution in [3.05, 3.63) is 186 Å². The number of rotatable bonds is 4. The number of anilines is 2. The van der Waals surface area contributed by atoms with Gasteiger partial charge in [0.25, 0.3) is 0 Å². The predicted molar refractivity (Wildman–Crippen MR) is 235 cm³/mol. The van der Waals surface area contributed by atoms with Crippen molar-refractivity contribution < 1.29 is 0 Å². The molecule has 9 aromatic rings. The third-order valence-corrected chi connectivity index (χ3v) is 13.3. The van der Waals surface area contributed by atoms with Gasteiger partial charge in [-0.05, 0) is 109 Å². The van der Waals surface area contributed by atoms with E-state index >= 15 is 0 Å². The average Bonchev–Trinajstić information content (AvgIpc) is 3.73. The van der Waals surface area contributed by atoms with Gasteiger partial charge in [0, 0.05) is 44.1 Å². The van der Waals surface area contributed by atoms with E-state index in [4.69, 9.17) is 0 Å². The Morgan fingerprint density at radius 3 is 1.93 bits per heavy atom. The summed E-state index contributed by atoms with van der Waals surface area (Å²) in [7, 11) is 0. The van der Waals surface area contributed by atoms with Gasteiger partial charge in [0.15, 0.2) is 0 Å². The quantitative estimate of drug-likeness (QED) is 0.192. The van der Waals surface area contributed by atoms with Crippen molar-refractivity contribution >= 4 is 33.2 Å². The van der Waals surface area contributed by atoms with E-state index in [1.165, 1.54) is 105 Å². The second-order valence-corrected chi connectivity index (χ2v) is 17.0. The van der Waals surface area contributed by atoms with Crippen LogP contribution >= 0.6 is 0 Å². The number of fused-ring (bicyclic) bond motifs is 9. The van der Waals surface area contributed by atoms with Crippen LogP contribution in [0.25, 0.3) is 83.1 Å². The molecule has 2 nitrogen and oxygen atoms in total. The van der Waals surface area contributed by atoms with E-state index in [2.05, 4.69) is 201 Å². The molecule has 0 amide bonds. The summed E-state index contributed by atoms with van der Waals surface area (Å²) in [4.78, 5) is 0. The topological polar surface area (TPSA) is 17.0 Å². The van der Waals surface area contributed by atoms with E-state index in [1.54, 1.807) is 0 Å². The maximum absolute atomic E-state index is 3.75. The SMILES string of the molecule is CC1(C)c2ccccc2-c2cc(Nc3cccc(-c4cccc(-c5ccc6c7c5-c5ccccc5-n5c8ccccc8c8ccc(c-7c85)C6(C)C)c4)c3)ccc21. The van der Waals surface area contributed by atoms with Gasteiger partial charge in [-0.1, -0.05) is 149 Å². The number of hydrogen-bond donors (Lipinski definition) is 1. The van der Waals surface area contributed by atoms with Gasteiger partial charge in [0.1, 0.15) is 0 Å². The van der Waals surface area contributed by atoms with Crippen molar-refractivity contribution in [2.45, 2.75) is 38.5 Å². The molecule has 1 aliphatic heterocycles. The zero-order chi connectivity index (χ0) is 37.5. The first-order chi connectivity index (χ1) is 27.3. The normalized spacial score (nSPS) is 14.7. The van der Waals surface area contributed by atoms with Crippen LogP contribution < -0.4 is 5.32 Å². The largest absolute Gasteiger partial charge is 0.355 e. The second-order valence-electron chi connectivity index (χ2n) is 17.0. The lowest BCUT2D eigenvalue weighted by Gasteiger charge is -2.24. The first-order valence-electron chi connectivity index (χ1n) is 19.9. The summed E-state index contributed by atoms with van der Waals surface area (Å²) < 4.78 is 2.54. The number of nitrogens with one attached hydrogen (secondary N) is 1. The molecule has 0 fully saturated rings. The van der Waals surface area contributed by atoms with Crippen molar-refractivity contribution in [2.75, 3.05) is 5.32 Å². The highest BCUT2D eigenvalue weighted by atomic mass is 15.0. The molecule has 3 aliphatic rings. The Labute approximate surface area is 327 Å². The van der Waals surface area contributed by atoms with E-state index in [1.807, 2.05) is 0 Å². The summed E-state index contributed by atoms with van der Waals surface area (Å²) in [6.07, 6.45) is 0. The van der Waals surface area contributed by atoms with Crippen LogP contribution in [-0.4, -0.2) is 4.57 Å². The zero-order valence-corrected chi connectivity index (χ0v) is 32.0. The van der Waals surface area contributed by atoms with Crippen molar-refractivity contribution in [3.63, 3.8) is 0 Å². The highest BCUT2D eigenvalue weighted by Crippen LogP contribution is 2.60. The van der Waals surface area contributed by atoms with E-state index in [0.29, 0.717) is 0 Å².